The zero-order valence-electron chi connectivity index (χ0n) is 21.5. The quantitative estimate of drug-likeness (QED) is 0.300. The number of hydrogen-bond acceptors (Lipinski definition) is 8. The molecule has 0 bridgehead atoms. The number of nitrogens with zero attached hydrogens (tertiary/aromatic N) is 5. The van der Waals surface area contributed by atoms with E-state index in [9.17, 15) is 0 Å². The molecule has 0 spiro atoms. The summed E-state index contributed by atoms with van der Waals surface area (Å²) in [4.78, 5) is 11.5. The molecule has 1 saturated heterocycles. The van der Waals surface area contributed by atoms with Gasteiger partial charge in [-0.1, -0.05) is 19.4 Å². The summed E-state index contributed by atoms with van der Waals surface area (Å²) in [6.45, 7) is 6.62. The van der Waals surface area contributed by atoms with Crippen LogP contribution in [0.1, 0.15) is 32.6 Å². The topological polar surface area (TPSA) is 86.0 Å². The summed E-state index contributed by atoms with van der Waals surface area (Å²) in [7, 11) is 1.65. The number of nitrogens with one attached hydrogen (secondary N) is 1. The van der Waals surface area contributed by atoms with Crippen molar-refractivity contribution < 1.29 is 14.2 Å². The smallest absolute Gasteiger partial charge is 0.247 e. The minimum absolute atomic E-state index is 0.490. The second kappa shape index (κ2) is 11.9. The molecule has 0 unspecified atom stereocenters. The lowest BCUT2D eigenvalue weighted by Gasteiger charge is -2.26. The van der Waals surface area contributed by atoms with E-state index in [-0.39, 0.29) is 0 Å². The molecular weight excluding hydrogens is 468 g/mol. The van der Waals surface area contributed by atoms with Crippen LogP contribution in [0.2, 0.25) is 0 Å². The molecule has 0 atom stereocenters. The normalized spacial score (nSPS) is 14.0. The van der Waals surface area contributed by atoms with Crippen molar-refractivity contribution in [3.63, 3.8) is 0 Å². The molecule has 37 heavy (non-hydrogen) atoms. The van der Waals surface area contributed by atoms with E-state index in [4.69, 9.17) is 19.3 Å². The molecule has 1 aliphatic heterocycles. The van der Waals surface area contributed by atoms with Gasteiger partial charge in [-0.25, -0.2) is 9.50 Å². The Morgan fingerprint density at radius 2 is 1.84 bits per heavy atom. The Hall–Kier alpha value is -3.85. The Morgan fingerprint density at radius 1 is 0.946 bits per heavy atom. The lowest BCUT2D eigenvalue weighted by molar-refractivity contribution is 0.180. The Labute approximate surface area is 217 Å². The van der Waals surface area contributed by atoms with Crippen molar-refractivity contribution >= 4 is 17.3 Å². The van der Waals surface area contributed by atoms with E-state index in [0.29, 0.717) is 36.5 Å². The minimum atomic E-state index is 0.490. The van der Waals surface area contributed by atoms with Crippen LogP contribution in [-0.2, 0) is 0 Å². The van der Waals surface area contributed by atoms with Gasteiger partial charge in [0.05, 0.1) is 31.3 Å². The zero-order chi connectivity index (χ0) is 25.5. The van der Waals surface area contributed by atoms with Gasteiger partial charge in [0.25, 0.3) is 0 Å². The number of fused-ring (bicyclic) bond motifs is 1. The summed E-state index contributed by atoms with van der Waals surface area (Å²) in [6.07, 6.45) is 6.56. The van der Waals surface area contributed by atoms with Gasteiger partial charge < -0.3 is 19.5 Å². The standard InChI is InChI=1S/C28H34N6O3/c1-3-17-36-25-19-21(10-12-24(25)35-2)23-8-7-9-26-31-28(32-34(23)26)30-22-11-13-27(29-20-22)37-18-16-33-14-5-4-6-15-33/h7-13,19-20H,3-6,14-18H2,1-2H3,(H,30,32). The molecule has 1 aliphatic rings. The van der Waals surface area contributed by atoms with Crippen LogP contribution >= 0.6 is 0 Å². The number of rotatable bonds is 11. The molecule has 9 nitrogen and oxygen atoms in total. The van der Waals surface area contributed by atoms with Gasteiger partial charge in [-0.3, -0.25) is 4.90 Å². The first-order chi connectivity index (χ1) is 18.2. The summed E-state index contributed by atoms with van der Waals surface area (Å²) in [6, 6.07) is 15.6. The fourth-order valence-corrected chi connectivity index (χ4v) is 4.47. The monoisotopic (exact) mass is 502 g/mol. The van der Waals surface area contributed by atoms with Crippen LogP contribution < -0.4 is 19.5 Å². The van der Waals surface area contributed by atoms with Gasteiger partial charge in [-0.2, -0.15) is 4.98 Å². The third-order valence-corrected chi connectivity index (χ3v) is 6.38. The minimum Gasteiger partial charge on any atom is -0.493 e. The van der Waals surface area contributed by atoms with Crippen LogP contribution in [0.4, 0.5) is 11.6 Å². The summed E-state index contributed by atoms with van der Waals surface area (Å²) >= 11 is 0. The number of benzene rings is 1. The van der Waals surface area contributed by atoms with E-state index >= 15 is 0 Å². The summed E-state index contributed by atoms with van der Waals surface area (Å²) < 4.78 is 19.0. The second-order valence-electron chi connectivity index (χ2n) is 9.09. The van der Waals surface area contributed by atoms with Crippen molar-refractivity contribution in [1.29, 1.82) is 0 Å². The zero-order valence-corrected chi connectivity index (χ0v) is 21.5. The number of aromatic nitrogens is 4. The van der Waals surface area contributed by atoms with Crippen molar-refractivity contribution in [1.82, 2.24) is 24.5 Å². The lowest BCUT2D eigenvalue weighted by atomic mass is 10.1. The molecule has 9 heteroatoms. The van der Waals surface area contributed by atoms with Gasteiger partial charge in [-0.15, -0.1) is 5.10 Å². The van der Waals surface area contributed by atoms with Crippen molar-refractivity contribution in [2.75, 3.05) is 45.3 Å². The predicted octanol–water partition coefficient (Wildman–Crippen LogP) is 5.20. The highest BCUT2D eigenvalue weighted by Gasteiger charge is 2.13. The highest BCUT2D eigenvalue weighted by atomic mass is 16.5. The first kappa shape index (κ1) is 24.8. The van der Waals surface area contributed by atoms with Gasteiger partial charge >= 0.3 is 0 Å². The van der Waals surface area contributed by atoms with E-state index in [1.54, 1.807) is 13.3 Å². The molecule has 0 aliphatic carbocycles. The van der Waals surface area contributed by atoms with Crippen LogP contribution in [0.3, 0.4) is 0 Å². The maximum absolute atomic E-state index is 5.90. The first-order valence-corrected chi connectivity index (χ1v) is 13.0. The number of piperidine rings is 1. The summed E-state index contributed by atoms with van der Waals surface area (Å²) in [5.41, 5.74) is 3.39. The molecule has 1 fully saturated rings. The second-order valence-corrected chi connectivity index (χ2v) is 9.09. The number of pyridine rings is 2. The maximum Gasteiger partial charge on any atom is 0.247 e. The lowest BCUT2D eigenvalue weighted by Crippen LogP contribution is -2.33. The van der Waals surface area contributed by atoms with Gasteiger partial charge in [0.2, 0.25) is 11.8 Å². The third kappa shape index (κ3) is 6.11. The third-order valence-electron chi connectivity index (χ3n) is 6.38. The predicted molar refractivity (Wildman–Crippen MR) is 144 cm³/mol. The van der Waals surface area contributed by atoms with Gasteiger partial charge in [0, 0.05) is 18.2 Å². The van der Waals surface area contributed by atoms with Crippen molar-refractivity contribution in [2.24, 2.45) is 0 Å². The van der Waals surface area contributed by atoms with Crippen LogP contribution in [-0.4, -0.2) is 64.4 Å². The molecule has 4 heterocycles. The number of methoxy groups -OCH3 is 1. The van der Waals surface area contributed by atoms with Crippen LogP contribution in [0.5, 0.6) is 17.4 Å². The van der Waals surface area contributed by atoms with E-state index in [0.717, 1.165) is 35.6 Å². The molecular formula is C28H34N6O3. The molecule has 4 aromatic rings. The van der Waals surface area contributed by atoms with E-state index in [2.05, 4.69) is 27.1 Å². The van der Waals surface area contributed by atoms with Gasteiger partial charge in [-0.05, 0) is 68.8 Å². The Balaban J connectivity index is 1.27. The van der Waals surface area contributed by atoms with Crippen molar-refractivity contribution in [3.8, 4) is 28.6 Å². The summed E-state index contributed by atoms with van der Waals surface area (Å²) in [5, 5.41) is 7.95. The van der Waals surface area contributed by atoms with Crippen LogP contribution in [0, 0.1) is 0 Å². The average molecular weight is 503 g/mol. The number of hydrogen-bond donors (Lipinski definition) is 1. The molecule has 0 saturated carbocycles. The number of ether oxygens (including phenoxy) is 3. The Kier molecular flexibility index (Phi) is 8.00. The highest BCUT2D eigenvalue weighted by Crippen LogP contribution is 2.33. The van der Waals surface area contributed by atoms with Crippen molar-refractivity contribution in [2.45, 2.75) is 32.6 Å². The molecule has 0 amide bonds. The largest absolute Gasteiger partial charge is 0.493 e. The summed E-state index contributed by atoms with van der Waals surface area (Å²) in [5.74, 6) is 2.52. The van der Waals surface area contributed by atoms with E-state index < -0.39 is 0 Å². The van der Waals surface area contributed by atoms with Crippen molar-refractivity contribution in [3.05, 3.63) is 54.7 Å². The molecule has 3 aromatic heterocycles. The van der Waals surface area contributed by atoms with Crippen LogP contribution in [0.25, 0.3) is 16.9 Å². The van der Waals surface area contributed by atoms with E-state index in [1.165, 1.54) is 32.4 Å². The fraction of sp³-hybridized carbons (Fsp3) is 0.393. The van der Waals surface area contributed by atoms with E-state index in [1.807, 2.05) is 53.0 Å². The molecule has 5 rings (SSSR count). The molecule has 1 N–H and O–H groups in total. The van der Waals surface area contributed by atoms with Gasteiger partial charge in [0.1, 0.15) is 6.61 Å². The van der Waals surface area contributed by atoms with Gasteiger partial charge in [0.15, 0.2) is 17.1 Å². The Morgan fingerprint density at radius 3 is 2.62 bits per heavy atom. The first-order valence-electron chi connectivity index (χ1n) is 13.0. The molecule has 0 radical (unpaired) electrons. The molecule has 1 aromatic carbocycles. The average Bonchev–Trinajstić information content (AvgIpc) is 3.36. The molecule has 194 valence electrons. The fourth-order valence-electron chi connectivity index (χ4n) is 4.47. The Bertz CT molecular complexity index is 1300. The highest BCUT2D eigenvalue weighted by molar-refractivity contribution is 5.67. The number of likely N-dealkylation sites (tertiary alicyclic amines) is 1. The SMILES string of the molecule is CCCOc1cc(-c2cccc3nc(Nc4ccc(OCCN5CCCCC5)nc4)nn23)ccc1OC. The maximum atomic E-state index is 5.90. The van der Waals surface area contributed by atoms with Crippen LogP contribution in [0.15, 0.2) is 54.7 Å². The number of anilines is 2.